The first-order valence-electron chi connectivity index (χ1n) is 5.90. The molecule has 0 fully saturated rings. The van der Waals surface area contributed by atoms with Crippen molar-refractivity contribution in [1.82, 2.24) is 5.32 Å². The number of aliphatic hydroxyl groups excluding tert-OH is 1. The Labute approximate surface area is 126 Å². The molecule has 0 spiro atoms. The molecule has 2 rings (SSSR count). The van der Waals surface area contributed by atoms with Gasteiger partial charge < -0.3 is 10.4 Å². The number of amides is 1. The van der Waals surface area contributed by atoms with Gasteiger partial charge >= 0.3 is 0 Å². The van der Waals surface area contributed by atoms with E-state index in [1.165, 1.54) is 11.3 Å². The van der Waals surface area contributed by atoms with E-state index < -0.39 is 0 Å². The van der Waals surface area contributed by atoms with Gasteiger partial charge in [-0.2, -0.15) is 0 Å². The lowest BCUT2D eigenvalue weighted by atomic mass is 10.2. The van der Waals surface area contributed by atoms with E-state index in [-0.39, 0.29) is 12.5 Å². The summed E-state index contributed by atoms with van der Waals surface area (Å²) in [6, 6.07) is 8.66. The number of hydrogen-bond donors (Lipinski definition) is 2. The van der Waals surface area contributed by atoms with Gasteiger partial charge in [0.25, 0.3) is 5.91 Å². The first kappa shape index (κ1) is 14.6. The molecule has 102 valence electrons. The first-order chi connectivity index (χ1) is 9.70. The van der Waals surface area contributed by atoms with E-state index in [4.69, 9.17) is 16.7 Å². The molecule has 1 aromatic heterocycles. The standard InChI is InChI=1S/C15H12ClNO2S/c16-13-5-1-3-12(9-13)15(19)17-10-14-11(4-2-7-18)6-8-20-14/h1,3,5-6,8-9,18H,7,10H2,(H,17,19). The van der Waals surface area contributed by atoms with Gasteiger partial charge in [0.05, 0.1) is 6.54 Å². The monoisotopic (exact) mass is 305 g/mol. The van der Waals surface area contributed by atoms with Crippen LogP contribution >= 0.6 is 22.9 Å². The Balaban J connectivity index is 2.02. The fourth-order valence-electron chi connectivity index (χ4n) is 1.62. The number of nitrogens with one attached hydrogen (secondary N) is 1. The Hall–Kier alpha value is -1.80. The second-order valence-electron chi connectivity index (χ2n) is 3.91. The zero-order valence-corrected chi connectivity index (χ0v) is 12.1. The number of carbonyl (C=O) groups excluding carboxylic acids is 1. The van der Waals surface area contributed by atoms with Crippen molar-refractivity contribution in [2.75, 3.05) is 6.61 Å². The van der Waals surface area contributed by atoms with Crippen LogP contribution < -0.4 is 5.32 Å². The number of halogens is 1. The van der Waals surface area contributed by atoms with Gasteiger partial charge in [0.2, 0.25) is 0 Å². The van der Waals surface area contributed by atoms with Crippen molar-refractivity contribution in [3.05, 3.63) is 56.7 Å². The highest BCUT2D eigenvalue weighted by Gasteiger charge is 2.07. The number of hydrogen-bond acceptors (Lipinski definition) is 3. The maximum atomic E-state index is 12.0. The van der Waals surface area contributed by atoms with Gasteiger partial charge in [0, 0.05) is 21.0 Å². The predicted molar refractivity (Wildman–Crippen MR) is 80.9 cm³/mol. The van der Waals surface area contributed by atoms with Gasteiger partial charge in [-0.05, 0) is 29.6 Å². The number of carbonyl (C=O) groups is 1. The SMILES string of the molecule is O=C(NCc1sccc1C#CCO)c1cccc(Cl)c1. The van der Waals surface area contributed by atoms with Crippen molar-refractivity contribution < 1.29 is 9.90 Å². The molecule has 3 nitrogen and oxygen atoms in total. The van der Waals surface area contributed by atoms with Crippen LogP contribution in [0.15, 0.2) is 35.7 Å². The highest BCUT2D eigenvalue weighted by atomic mass is 35.5. The predicted octanol–water partition coefficient (Wildman–Crippen LogP) is 2.68. The Morgan fingerprint density at radius 2 is 2.25 bits per heavy atom. The molecule has 1 heterocycles. The molecule has 2 N–H and O–H groups in total. The summed E-state index contributed by atoms with van der Waals surface area (Å²) in [7, 11) is 0. The van der Waals surface area contributed by atoms with E-state index in [0.717, 1.165) is 10.4 Å². The Bertz CT molecular complexity index is 670. The average Bonchev–Trinajstić information content (AvgIpc) is 2.90. The molecule has 0 saturated heterocycles. The van der Waals surface area contributed by atoms with Gasteiger partial charge in [-0.25, -0.2) is 0 Å². The highest BCUT2D eigenvalue weighted by molar-refractivity contribution is 7.10. The Morgan fingerprint density at radius 3 is 3.00 bits per heavy atom. The second kappa shape index (κ2) is 7.11. The molecule has 0 unspecified atom stereocenters. The summed E-state index contributed by atoms with van der Waals surface area (Å²) in [5.74, 6) is 5.27. The zero-order valence-electron chi connectivity index (χ0n) is 10.5. The molecule has 0 bridgehead atoms. The second-order valence-corrected chi connectivity index (χ2v) is 5.35. The topological polar surface area (TPSA) is 49.3 Å². The zero-order chi connectivity index (χ0) is 14.4. The third-order valence-corrected chi connectivity index (χ3v) is 3.70. The van der Waals surface area contributed by atoms with E-state index in [9.17, 15) is 4.79 Å². The molecule has 0 aliphatic heterocycles. The Kier molecular flexibility index (Phi) is 5.19. The molecule has 0 saturated carbocycles. The van der Waals surface area contributed by atoms with Gasteiger partial charge in [-0.1, -0.05) is 29.5 Å². The van der Waals surface area contributed by atoms with Crippen LogP contribution in [0.4, 0.5) is 0 Å². The van der Waals surface area contributed by atoms with E-state index in [1.807, 2.05) is 11.4 Å². The van der Waals surface area contributed by atoms with Crippen LogP contribution in [0.5, 0.6) is 0 Å². The molecular weight excluding hydrogens is 294 g/mol. The number of rotatable bonds is 3. The van der Waals surface area contributed by atoms with Crippen molar-refractivity contribution in [2.24, 2.45) is 0 Å². The van der Waals surface area contributed by atoms with Gasteiger partial charge in [0.1, 0.15) is 6.61 Å². The summed E-state index contributed by atoms with van der Waals surface area (Å²) in [5, 5.41) is 14.0. The van der Waals surface area contributed by atoms with Crippen LogP contribution in [-0.2, 0) is 6.54 Å². The van der Waals surface area contributed by atoms with E-state index in [2.05, 4.69) is 17.2 Å². The van der Waals surface area contributed by atoms with Crippen molar-refractivity contribution in [3.8, 4) is 11.8 Å². The lowest BCUT2D eigenvalue weighted by Crippen LogP contribution is -2.22. The molecule has 1 amide bonds. The molecule has 0 radical (unpaired) electrons. The van der Waals surface area contributed by atoms with Crippen LogP contribution in [0.1, 0.15) is 20.8 Å². The molecular formula is C15H12ClNO2S. The summed E-state index contributed by atoms with van der Waals surface area (Å²) >= 11 is 7.37. The summed E-state index contributed by atoms with van der Waals surface area (Å²) in [4.78, 5) is 12.9. The molecule has 5 heteroatoms. The fraction of sp³-hybridized carbons (Fsp3) is 0.133. The number of thiophene rings is 1. The molecule has 0 aliphatic carbocycles. The van der Waals surface area contributed by atoms with Crippen LogP contribution in [0, 0.1) is 11.8 Å². The van der Waals surface area contributed by atoms with E-state index >= 15 is 0 Å². The Morgan fingerprint density at radius 1 is 1.40 bits per heavy atom. The van der Waals surface area contributed by atoms with Crippen molar-refractivity contribution >= 4 is 28.8 Å². The van der Waals surface area contributed by atoms with Crippen LogP contribution in [0.2, 0.25) is 5.02 Å². The first-order valence-corrected chi connectivity index (χ1v) is 7.16. The minimum Gasteiger partial charge on any atom is -0.384 e. The van der Waals surface area contributed by atoms with Crippen LogP contribution in [-0.4, -0.2) is 17.6 Å². The summed E-state index contributed by atoms with van der Waals surface area (Å²) in [6.07, 6.45) is 0. The molecule has 0 aliphatic rings. The lowest BCUT2D eigenvalue weighted by molar-refractivity contribution is 0.0951. The maximum absolute atomic E-state index is 12.0. The smallest absolute Gasteiger partial charge is 0.251 e. The van der Waals surface area contributed by atoms with Gasteiger partial charge in [-0.3, -0.25) is 4.79 Å². The summed E-state index contributed by atoms with van der Waals surface area (Å²) in [6.45, 7) is 0.225. The average molecular weight is 306 g/mol. The van der Waals surface area contributed by atoms with E-state index in [0.29, 0.717) is 17.1 Å². The molecule has 2 aromatic rings. The lowest BCUT2D eigenvalue weighted by Gasteiger charge is -2.04. The largest absolute Gasteiger partial charge is 0.384 e. The summed E-state index contributed by atoms with van der Waals surface area (Å²) < 4.78 is 0. The minimum absolute atomic E-state index is 0.176. The minimum atomic E-state index is -0.179. The summed E-state index contributed by atoms with van der Waals surface area (Å²) in [5.41, 5.74) is 1.35. The molecule has 0 atom stereocenters. The number of benzene rings is 1. The van der Waals surface area contributed by atoms with Gasteiger partial charge in [0.15, 0.2) is 0 Å². The molecule has 1 aromatic carbocycles. The highest BCUT2D eigenvalue weighted by Crippen LogP contribution is 2.16. The van der Waals surface area contributed by atoms with Crippen LogP contribution in [0.3, 0.4) is 0 Å². The van der Waals surface area contributed by atoms with Crippen LogP contribution in [0.25, 0.3) is 0 Å². The van der Waals surface area contributed by atoms with Crippen molar-refractivity contribution in [2.45, 2.75) is 6.54 Å². The van der Waals surface area contributed by atoms with E-state index in [1.54, 1.807) is 24.3 Å². The maximum Gasteiger partial charge on any atom is 0.251 e. The van der Waals surface area contributed by atoms with Crippen molar-refractivity contribution in [3.63, 3.8) is 0 Å². The number of aliphatic hydroxyl groups is 1. The third kappa shape index (κ3) is 3.84. The quantitative estimate of drug-likeness (QED) is 0.857. The van der Waals surface area contributed by atoms with Gasteiger partial charge in [-0.15, -0.1) is 11.3 Å². The molecule has 20 heavy (non-hydrogen) atoms. The van der Waals surface area contributed by atoms with Crippen molar-refractivity contribution in [1.29, 1.82) is 0 Å². The third-order valence-electron chi connectivity index (χ3n) is 2.54. The normalized spacial score (nSPS) is 9.70. The fourth-order valence-corrected chi connectivity index (χ4v) is 2.58.